The van der Waals surface area contributed by atoms with Crippen LogP contribution in [0, 0.1) is 11.6 Å². The molecule has 21 heavy (non-hydrogen) atoms. The van der Waals surface area contributed by atoms with E-state index < -0.39 is 55.8 Å². The number of thioether (sulfide) groups is 1. The molecule has 0 fully saturated rings. The maximum absolute atomic E-state index is 13.3. The number of hydrogen-bond acceptors (Lipinski definition) is 2. The minimum Gasteiger partial charge on any atom is -0.301 e. The van der Waals surface area contributed by atoms with Gasteiger partial charge in [0, 0.05) is 0 Å². The first-order valence-corrected chi connectivity index (χ1v) is 6.64. The zero-order chi connectivity index (χ0) is 16.6. The molecule has 1 atom stereocenters. The van der Waals surface area contributed by atoms with Crippen molar-refractivity contribution >= 4 is 22.8 Å². The van der Waals surface area contributed by atoms with Crippen LogP contribution in [0.25, 0.3) is 0 Å². The Morgan fingerprint density at radius 1 is 1.00 bits per heavy atom. The van der Waals surface area contributed by atoms with E-state index in [9.17, 15) is 39.3 Å². The van der Waals surface area contributed by atoms with Crippen molar-refractivity contribution in [3.8, 4) is 0 Å². The number of halogens is 8. The van der Waals surface area contributed by atoms with Crippen molar-refractivity contribution < 1.29 is 43.9 Å². The maximum Gasteiger partial charge on any atom is 0.413 e. The molecule has 0 spiro atoms. The van der Waals surface area contributed by atoms with Gasteiger partial charge in [0.05, 0.1) is 4.90 Å². The Hall–Kier alpha value is -0.880. The highest BCUT2D eigenvalue weighted by atomic mass is 32.2. The molecule has 0 aliphatic rings. The molecule has 0 bridgehead atoms. The average molecular weight is 360 g/mol. The van der Waals surface area contributed by atoms with Gasteiger partial charge in [-0.1, -0.05) is 6.07 Å². The third-order valence-electron chi connectivity index (χ3n) is 2.10. The Labute approximate surface area is 118 Å². The molecule has 0 aliphatic heterocycles. The van der Waals surface area contributed by atoms with E-state index in [0.29, 0.717) is 12.1 Å². The van der Waals surface area contributed by atoms with Gasteiger partial charge in [-0.15, -0.1) is 0 Å². The Balaban J connectivity index is 3.25. The minimum absolute atomic E-state index is 0.446. The summed E-state index contributed by atoms with van der Waals surface area (Å²) >= 11 is -6.13. The second kappa shape index (κ2) is 5.72. The van der Waals surface area contributed by atoms with Crippen LogP contribution in [-0.2, 0) is 11.1 Å². The number of hydrogen-bond donors (Lipinski definition) is 1. The topological polar surface area (TPSA) is 37.3 Å². The molecule has 1 rings (SSSR count). The van der Waals surface area contributed by atoms with E-state index in [1.54, 1.807) is 0 Å². The quantitative estimate of drug-likeness (QED) is 0.488. The lowest BCUT2D eigenvalue weighted by Gasteiger charge is -2.30. The first kappa shape index (κ1) is 18.2. The van der Waals surface area contributed by atoms with E-state index in [4.69, 9.17) is 4.55 Å². The van der Waals surface area contributed by atoms with Crippen molar-refractivity contribution in [3.05, 3.63) is 29.8 Å². The molecule has 0 saturated heterocycles. The first-order valence-electron chi connectivity index (χ1n) is 4.72. The molecule has 0 radical (unpaired) electrons. The maximum atomic E-state index is 13.3. The lowest BCUT2D eigenvalue weighted by atomic mass is 10.3. The van der Waals surface area contributed by atoms with Gasteiger partial charge in [0.15, 0.2) is 0 Å². The zero-order valence-corrected chi connectivity index (χ0v) is 11.1. The van der Waals surface area contributed by atoms with Gasteiger partial charge in [0.25, 0.3) is 0 Å². The molecule has 1 aromatic carbocycles. The van der Waals surface area contributed by atoms with Crippen LogP contribution in [0.4, 0.5) is 35.1 Å². The minimum atomic E-state index is -6.33. The summed E-state index contributed by atoms with van der Waals surface area (Å²) in [5.41, 5.74) is 0. The van der Waals surface area contributed by atoms with Crippen molar-refractivity contribution in [1.82, 2.24) is 0 Å². The van der Waals surface area contributed by atoms with E-state index in [1.807, 2.05) is 0 Å². The summed E-state index contributed by atoms with van der Waals surface area (Å²) in [4.78, 5) is -1.62. The van der Waals surface area contributed by atoms with Crippen LogP contribution in [0.3, 0.4) is 0 Å². The Morgan fingerprint density at radius 2 is 1.43 bits per heavy atom. The van der Waals surface area contributed by atoms with Crippen LogP contribution in [0.2, 0.25) is 0 Å². The van der Waals surface area contributed by atoms with Gasteiger partial charge in [-0.3, -0.25) is 0 Å². The SMILES string of the molecule is O=S(O)C(F)(F)C(F)(F)C(F)(F)Sc1c(F)cccc1F. The molecule has 0 heterocycles. The fourth-order valence-corrected chi connectivity index (χ4v) is 2.31. The lowest BCUT2D eigenvalue weighted by molar-refractivity contribution is -0.240. The standard InChI is InChI=1S/C9H4F8O2S2/c10-4-2-1-3-5(11)6(4)20-8(14,15)7(12,13)9(16,17)21(18)19/h1-3H,(H,18,19). The predicted octanol–water partition coefficient (Wildman–Crippen LogP) is 4.10. The highest BCUT2D eigenvalue weighted by molar-refractivity contribution is 8.00. The van der Waals surface area contributed by atoms with Gasteiger partial charge >= 0.3 is 16.4 Å². The summed E-state index contributed by atoms with van der Waals surface area (Å²) in [7, 11) is 0. The summed E-state index contributed by atoms with van der Waals surface area (Å²) in [5, 5.41) is -11.8. The van der Waals surface area contributed by atoms with Crippen molar-refractivity contribution in [1.29, 1.82) is 0 Å². The summed E-state index contributed by atoms with van der Waals surface area (Å²) in [6.45, 7) is 0. The largest absolute Gasteiger partial charge is 0.413 e. The third kappa shape index (κ3) is 3.16. The second-order valence-corrected chi connectivity index (χ2v) is 5.65. The first-order chi connectivity index (χ1) is 9.34. The van der Waals surface area contributed by atoms with Crippen LogP contribution in [0.1, 0.15) is 0 Å². The van der Waals surface area contributed by atoms with Gasteiger partial charge in [0.2, 0.25) is 11.1 Å². The molecule has 2 nitrogen and oxygen atoms in total. The Bertz CT molecular complexity index is 542. The second-order valence-electron chi connectivity index (χ2n) is 3.51. The van der Waals surface area contributed by atoms with Crippen LogP contribution >= 0.6 is 11.8 Å². The molecule has 0 saturated carbocycles. The lowest BCUT2D eigenvalue weighted by Crippen LogP contribution is -2.54. The molecule has 0 aromatic heterocycles. The van der Waals surface area contributed by atoms with Crippen molar-refractivity contribution in [2.75, 3.05) is 0 Å². The van der Waals surface area contributed by atoms with Crippen molar-refractivity contribution in [3.63, 3.8) is 0 Å². The van der Waals surface area contributed by atoms with Crippen molar-refractivity contribution in [2.45, 2.75) is 21.3 Å². The average Bonchev–Trinajstić information content (AvgIpc) is 2.33. The Kier molecular flexibility index (Phi) is 4.95. The predicted molar refractivity (Wildman–Crippen MR) is 57.8 cm³/mol. The highest BCUT2D eigenvalue weighted by Crippen LogP contribution is 2.54. The van der Waals surface area contributed by atoms with Gasteiger partial charge in [0.1, 0.15) is 11.6 Å². The van der Waals surface area contributed by atoms with E-state index in [2.05, 4.69) is 0 Å². The highest BCUT2D eigenvalue weighted by Gasteiger charge is 2.75. The third-order valence-corrected chi connectivity index (χ3v) is 3.90. The van der Waals surface area contributed by atoms with E-state index >= 15 is 0 Å². The molecule has 12 heteroatoms. The molecule has 1 aromatic rings. The number of benzene rings is 1. The van der Waals surface area contributed by atoms with E-state index in [1.165, 1.54) is 0 Å². The van der Waals surface area contributed by atoms with Crippen molar-refractivity contribution in [2.24, 2.45) is 0 Å². The van der Waals surface area contributed by atoms with E-state index in [0.717, 1.165) is 6.07 Å². The number of alkyl halides is 6. The van der Waals surface area contributed by atoms with Gasteiger partial charge < -0.3 is 4.55 Å². The zero-order valence-electron chi connectivity index (χ0n) is 9.43. The van der Waals surface area contributed by atoms with Crippen LogP contribution in [0.15, 0.2) is 23.1 Å². The molecule has 0 amide bonds. The fourth-order valence-electron chi connectivity index (χ4n) is 1.05. The smallest absolute Gasteiger partial charge is 0.301 e. The van der Waals surface area contributed by atoms with Crippen LogP contribution in [-0.4, -0.2) is 25.2 Å². The molecule has 1 N–H and O–H groups in total. The fraction of sp³-hybridized carbons (Fsp3) is 0.333. The summed E-state index contributed by atoms with van der Waals surface area (Å²) in [5.74, 6) is -9.69. The molecular weight excluding hydrogens is 356 g/mol. The molecular formula is C9H4F8O2S2. The van der Waals surface area contributed by atoms with E-state index in [-0.39, 0.29) is 0 Å². The number of rotatable bonds is 5. The van der Waals surface area contributed by atoms with Crippen LogP contribution < -0.4 is 0 Å². The normalized spacial score (nSPS) is 15.1. The molecule has 0 aliphatic carbocycles. The summed E-state index contributed by atoms with van der Waals surface area (Å²) < 4.78 is 122. The van der Waals surface area contributed by atoms with Crippen LogP contribution in [0.5, 0.6) is 0 Å². The molecule has 120 valence electrons. The summed E-state index contributed by atoms with van der Waals surface area (Å²) in [6.07, 6.45) is 0. The summed E-state index contributed by atoms with van der Waals surface area (Å²) in [6, 6.07) is 1.63. The van der Waals surface area contributed by atoms with Gasteiger partial charge in [-0.2, -0.15) is 26.3 Å². The van der Waals surface area contributed by atoms with Gasteiger partial charge in [-0.25, -0.2) is 13.0 Å². The Morgan fingerprint density at radius 3 is 1.81 bits per heavy atom. The molecule has 1 unspecified atom stereocenters. The monoisotopic (exact) mass is 360 g/mol. The van der Waals surface area contributed by atoms with Gasteiger partial charge in [-0.05, 0) is 23.9 Å².